The van der Waals surface area contributed by atoms with E-state index in [9.17, 15) is 13.2 Å². The molecule has 1 atom stereocenters. The van der Waals surface area contributed by atoms with Crippen molar-refractivity contribution in [3.05, 3.63) is 53.9 Å². The largest absolute Gasteiger partial charge is 0.416 e. The van der Waals surface area contributed by atoms with Crippen LogP contribution in [0.15, 0.2) is 37.1 Å². The van der Waals surface area contributed by atoms with Gasteiger partial charge in [0.05, 0.1) is 23.5 Å². The number of halogens is 3. The van der Waals surface area contributed by atoms with Crippen molar-refractivity contribution in [3.8, 4) is 0 Å². The fraction of sp³-hybridized carbons (Fsp3) is 0.308. The predicted octanol–water partition coefficient (Wildman–Crippen LogP) is 2.59. The second kappa shape index (κ2) is 5.96. The Bertz CT molecular complexity index is 557. The van der Waals surface area contributed by atoms with E-state index < -0.39 is 17.8 Å². The smallest absolute Gasteiger partial charge is 0.305 e. The predicted molar refractivity (Wildman–Crippen MR) is 66.8 cm³/mol. The van der Waals surface area contributed by atoms with Gasteiger partial charge in [-0.2, -0.15) is 13.2 Å². The molecular weight excluding hydrogens is 269 g/mol. The number of aromatic nitrogens is 3. The monoisotopic (exact) mass is 282 g/mol. The molecule has 0 bridgehead atoms. The van der Waals surface area contributed by atoms with Crippen LogP contribution in [0.3, 0.4) is 0 Å². The minimum Gasteiger partial charge on any atom is -0.305 e. The third-order valence-electron chi connectivity index (χ3n) is 2.76. The zero-order valence-electron chi connectivity index (χ0n) is 10.7. The number of nitrogens with one attached hydrogen (secondary N) is 1. The number of pyridine rings is 1. The summed E-state index contributed by atoms with van der Waals surface area (Å²) < 4.78 is 39.2. The number of hydrogen-bond acceptors (Lipinski definition) is 4. The average molecular weight is 282 g/mol. The summed E-state index contributed by atoms with van der Waals surface area (Å²) >= 11 is 0. The van der Waals surface area contributed by atoms with Gasteiger partial charge in [0.25, 0.3) is 0 Å². The van der Waals surface area contributed by atoms with Crippen molar-refractivity contribution in [2.75, 3.05) is 6.54 Å². The fourth-order valence-corrected chi connectivity index (χ4v) is 1.93. The van der Waals surface area contributed by atoms with Crippen LogP contribution >= 0.6 is 0 Å². The first kappa shape index (κ1) is 14.4. The lowest BCUT2D eigenvalue weighted by Crippen LogP contribution is -2.26. The average Bonchev–Trinajstić information content (AvgIpc) is 2.45. The second-order valence-electron chi connectivity index (χ2n) is 4.08. The zero-order valence-corrected chi connectivity index (χ0v) is 10.7. The minimum atomic E-state index is -4.44. The summed E-state index contributed by atoms with van der Waals surface area (Å²) in [7, 11) is 0. The molecule has 0 saturated carbocycles. The van der Waals surface area contributed by atoms with E-state index in [0.29, 0.717) is 12.2 Å². The molecule has 4 nitrogen and oxygen atoms in total. The van der Waals surface area contributed by atoms with Gasteiger partial charge < -0.3 is 5.32 Å². The van der Waals surface area contributed by atoms with Crippen LogP contribution in [-0.4, -0.2) is 21.5 Å². The van der Waals surface area contributed by atoms with E-state index in [1.165, 1.54) is 24.8 Å². The Labute approximate surface area is 114 Å². The van der Waals surface area contributed by atoms with E-state index in [1.807, 2.05) is 6.92 Å². The van der Waals surface area contributed by atoms with E-state index in [2.05, 4.69) is 20.3 Å². The first-order valence-electron chi connectivity index (χ1n) is 6.04. The lowest BCUT2D eigenvalue weighted by molar-refractivity contribution is -0.138. The van der Waals surface area contributed by atoms with Crippen molar-refractivity contribution in [2.24, 2.45) is 0 Å². The van der Waals surface area contributed by atoms with Gasteiger partial charge in [0, 0.05) is 30.4 Å². The Hall–Kier alpha value is -2.02. The van der Waals surface area contributed by atoms with Crippen molar-refractivity contribution in [1.82, 2.24) is 20.3 Å². The third kappa shape index (κ3) is 3.11. The van der Waals surface area contributed by atoms with Crippen LogP contribution in [-0.2, 0) is 6.18 Å². The van der Waals surface area contributed by atoms with Crippen molar-refractivity contribution >= 4 is 0 Å². The van der Waals surface area contributed by atoms with Gasteiger partial charge in [-0.3, -0.25) is 15.0 Å². The quantitative estimate of drug-likeness (QED) is 0.936. The molecule has 2 rings (SSSR count). The normalized spacial score (nSPS) is 13.2. The Morgan fingerprint density at radius 3 is 2.50 bits per heavy atom. The number of rotatable bonds is 4. The molecule has 7 heteroatoms. The van der Waals surface area contributed by atoms with Crippen LogP contribution in [0.5, 0.6) is 0 Å². The van der Waals surface area contributed by atoms with Crippen molar-refractivity contribution in [2.45, 2.75) is 19.1 Å². The molecular formula is C13H13F3N4. The Balaban J connectivity index is 2.51. The van der Waals surface area contributed by atoms with Gasteiger partial charge in [-0.25, -0.2) is 0 Å². The summed E-state index contributed by atoms with van der Waals surface area (Å²) in [6, 6.07) is 0.273. The number of nitrogens with zero attached hydrogens (tertiary/aromatic N) is 3. The highest BCUT2D eigenvalue weighted by atomic mass is 19.4. The highest BCUT2D eigenvalue weighted by Crippen LogP contribution is 2.35. The van der Waals surface area contributed by atoms with Gasteiger partial charge in [-0.05, 0) is 12.6 Å². The molecule has 106 valence electrons. The zero-order chi connectivity index (χ0) is 14.6. The maximum atomic E-state index is 13.1. The molecule has 2 aromatic heterocycles. The van der Waals surface area contributed by atoms with Gasteiger partial charge in [0.2, 0.25) is 0 Å². The molecule has 0 spiro atoms. The molecule has 0 fully saturated rings. The summed E-state index contributed by atoms with van der Waals surface area (Å²) in [4.78, 5) is 11.8. The Morgan fingerprint density at radius 2 is 1.90 bits per heavy atom. The molecule has 2 heterocycles. The topological polar surface area (TPSA) is 50.7 Å². The molecule has 0 radical (unpaired) electrons. The second-order valence-corrected chi connectivity index (χ2v) is 4.08. The minimum absolute atomic E-state index is 0.0438. The molecule has 2 aromatic rings. The standard InChI is InChI=1S/C13H13F3N4/c1-2-19-12(11-8-18-5-6-20-11)9-7-17-4-3-10(9)13(14,15)16/h3-8,12,19H,2H2,1H3. The Kier molecular flexibility index (Phi) is 4.29. The molecule has 0 amide bonds. The summed E-state index contributed by atoms with van der Waals surface area (Å²) in [5.41, 5.74) is -0.251. The van der Waals surface area contributed by atoms with Crippen molar-refractivity contribution in [1.29, 1.82) is 0 Å². The molecule has 20 heavy (non-hydrogen) atoms. The lowest BCUT2D eigenvalue weighted by Gasteiger charge is -2.21. The molecule has 0 aliphatic rings. The van der Waals surface area contributed by atoms with Crippen LogP contribution in [0.4, 0.5) is 13.2 Å². The highest BCUT2D eigenvalue weighted by Gasteiger charge is 2.35. The summed E-state index contributed by atoms with van der Waals surface area (Å²) in [6.45, 7) is 2.31. The van der Waals surface area contributed by atoms with Crippen molar-refractivity contribution < 1.29 is 13.2 Å². The van der Waals surface area contributed by atoms with Gasteiger partial charge >= 0.3 is 6.18 Å². The number of alkyl halides is 3. The van der Waals surface area contributed by atoms with Gasteiger partial charge in [-0.15, -0.1) is 0 Å². The summed E-state index contributed by atoms with van der Waals surface area (Å²) in [5.74, 6) is 0. The van der Waals surface area contributed by atoms with Gasteiger partial charge in [-0.1, -0.05) is 6.92 Å². The first-order chi connectivity index (χ1) is 9.54. The molecule has 0 aromatic carbocycles. The SMILES string of the molecule is CCNC(c1cnccn1)c1cnccc1C(F)(F)F. The van der Waals surface area contributed by atoms with Gasteiger partial charge in [0.15, 0.2) is 0 Å². The van der Waals surface area contributed by atoms with E-state index in [0.717, 1.165) is 12.3 Å². The van der Waals surface area contributed by atoms with Crippen LogP contribution in [0, 0.1) is 0 Å². The number of hydrogen-bond donors (Lipinski definition) is 1. The lowest BCUT2D eigenvalue weighted by atomic mass is 10.00. The molecule has 1 N–H and O–H groups in total. The van der Waals surface area contributed by atoms with Crippen LogP contribution in [0.1, 0.15) is 29.8 Å². The third-order valence-corrected chi connectivity index (χ3v) is 2.76. The van der Waals surface area contributed by atoms with Crippen molar-refractivity contribution in [3.63, 3.8) is 0 Å². The van der Waals surface area contributed by atoms with E-state index in [4.69, 9.17) is 0 Å². The van der Waals surface area contributed by atoms with Crippen LogP contribution < -0.4 is 5.32 Å². The molecule has 0 saturated heterocycles. The molecule has 0 aliphatic heterocycles. The summed E-state index contributed by atoms with van der Waals surface area (Å²) in [5, 5.41) is 2.99. The van der Waals surface area contributed by atoms with Gasteiger partial charge in [0.1, 0.15) is 0 Å². The highest BCUT2D eigenvalue weighted by molar-refractivity contribution is 5.34. The van der Waals surface area contributed by atoms with Crippen LogP contribution in [0.25, 0.3) is 0 Å². The molecule has 0 aliphatic carbocycles. The van der Waals surface area contributed by atoms with E-state index in [1.54, 1.807) is 0 Å². The maximum absolute atomic E-state index is 13.1. The first-order valence-corrected chi connectivity index (χ1v) is 6.04. The van der Waals surface area contributed by atoms with Crippen LogP contribution in [0.2, 0.25) is 0 Å². The Morgan fingerprint density at radius 1 is 1.15 bits per heavy atom. The summed E-state index contributed by atoms with van der Waals surface area (Å²) in [6.07, 6.45) is 2.27. The fourth-order valence-electron chi connectivity index (χ4n) is 1.93. The van der Waals surface area contributed by atoms with E-state index >= 15 is 0 Å². The van der Waals surface area contributed by atoms with E-state index in [-0.39, 0.29) is 5.56 Å². The molecule has 1 unspecified atom stereocenters. The maximum Gasteiger partial charge on any atom is 0.416 e.